The molecule has 2 fully saturated rings. The van der Waals surface area contributed by atoms with Crippen LogP contribution in [0.25, 0.3) is 0 Å². The first-order valence-corrected chi connectivity index (χ1v) is 9.04. The van der Waals surface area contributed by atoms with Gasteiger partial charge in [-0.25, -0.2) is 0 Å². The number of fused-ring (bicyclic) bond motifs is 1. The second-order valence-electron chi connectivity index (χ2n) is 7.27. The summed E-state index contributed by atoms with van der Waals surface area (Å²) in [5, 5.41) is 12.4. The highest BCUT2D eigenvalue weighted by Crippen LogP contribution is 2.44. The molecule has 2 unspecified atom stereocenters. The number of benzene rings is 1. The average molecular weight is 345 g/mol. The number of carbonyl (C=O) groups is 2. The third-order valence-electron chi connectivity index (χ3n) is 5.84. The number of carboxylic acid groups (broad SMARTS) is 1. The van der Waals surface area contributed by atoms with E-state index in [9.17, 15) is 14.7 Å². The zero-order chi connectivity index (χ0) is 17.4. The first-order chi connectivity index (χ1) is 12.1. The van der Waals surface area contributed by atoms with Crippen LogP contribution >= 0.6 is 0 Å². The van der Waals surface area contributed by atoms with E-state index in [0.717, 1.165) is 42.7 Å². The van der Waals surface area contributed by atoms with Gasteiger partial charge in [0.1, 0.15) is 13.2 Å². The van der Waals surface area contributed by atoms with Crippen molar-refractivity contribution in [1.29, 1.82) is 0 Å². The van der Waals surface area contributed by atoms with Gasteiger partial charge in [-0.05, 0) is 43.4 Å². The molecule has 1 aromatic rings. The van der Waals surface area contributed by atoms with E-state index in [2.05, 4.69) is 5.32 Å². The molecule has 0 aromatic heterocycles. The maximum Gasteiger partial charge on any atom is 0.307 e. The number of aliphatic carboxylic acids is 1. The molecule has 6 nitrogen and oxygen atoms in total. The maximum atomic E-state index is 12.7. The van der Waals surface area contributed by atoms with Crippen molar-refractivity contribution in [3.05, 3.63) is 23.8 Å². The largest absolute Gasteiger partial charge is 0.486 e. The Balaban J connectivity index is 1.58. The Morgan fingerprint density at radius 1 is 1.04 bits per heavy atom. The summed E-state index contributed by atoms with van der Waals surface area (Å²) < 4.78 is 11.3. The highest BCUT2D eigenvalue weighted by atomic mass is 16.6. The fraction of sp³-hybridized carbons (Fsp3) is 0.579. The standard InChI is InChI=1S/C19H23NO5/c21-17(13-4-5-14(13)18(22)23)20-19(7-1-2-8-19)12-3-6-15-16(11-12)25-10-9-24-15/h3,6,11,13-14H,1-2,4-5,7-10H2,(H,20,21)(H,22,23). The van der Waals surface area contributed by atoms with E-state index < -0.39 is 23.3 Å². The zero-order valence-electron chi connectivity index (χ0n) is 14.1. The molecule has 3 aliphatic rings. The van der Waals surface area contributed by atoms with Gasteiger partial charge in [-0.3, -0.25) is 9.59 Å². The van der Waals surface area contributed by atoms with Crippen LogP contribution in [-0.4, -0.2) is 30.2 Å². The molecular weight excluding hydrogens is 322 g/mol. The molecule has 0 bridgehead atoms. The molecule has 134 valence electrons. The summed E-state index contributed by atoms with van der Waals surface area (Å²) >= 11 is 0. The Morgan fingerprint density at radius 3 is 2.36 bits per heavy atom. The monoisotopic (exact) mass is 345 g/mol. The van der Waals surface area contributed by atoms with Crippen LogP contribution in [0, 0.1) is 11.8 Å². The minimum absolute atomic E-state index is 0.129. The number of carboxylic acids is 1. The van der Waals surface area contributed by atoms with Crippen molar-refractivity contribution in [2.24, 2.45) is 11.8 Å². The predicted octanol–water partition coefficient (Wildman–Crippen LogP) is 2.45. The lowest BCUT2D eigenvalue weighted by atomic mass is 9.72. The number of carbonyl (C=O) groups excluding carboxylic acids is 1. The van der Waals surface area contributed by atoms with E-state index in [-0.39, 0.29) is 5.91 Å². The van der Waals surface area contributed by atoms with E-state index >= 15 is 0 Å². The first-order valence-electron chi connectivity index (χ1n) is 9.04. The Kier molecular flexibility index (Phi) is 4.06. The number of hydrogen-bond donors (Lipinski definition) is 2. The minimum atomic E-state index is -0.869. The van der Waals surface area contributed by atoms with Gasteiger partial charge in [0.25, 0.3) is 0 Å². The topological polar surface area (TPSA) is 84.9 Å². The molecule has 1 heterocycles. The highest BCUT2D eigenvalue weighted by molar-refractivity contribution is 5.87. The van der Waals surface area contributed by atoms with Gasteiger partial charge in [-0.2, -0.15) is 0 Å². The molecule has 1 aromatic carbocycles. The number of amides is 1. The predicted molar refractivity (Wildman–Crippen MR) is 89.6 cm³/mol. The molecule has 2 N–H and O–H groups in total. The first kappa shape index (κ1) is 16.2. The summed E-state index contributed by atoms with van der Waals surface area (Å²) in [6.45, 7) is 1.07. The van der Waals surface area contributed by atoms with Crippen LogP contribution in [0.1, 0.15) is 44.1 Å². The molecule has 0 radical (unpaired) electrons. The van der Waals surface area contributed by atoms with Crippen molar-refractivity contribution in [2.45, 2.75) is 44.1 Å². The maximum absolute atomic E-state index is 12.7. The summed E-state index contributed by atoms with van der Waals surface area (Å²) in [5.41, 5.74) is 0.597. The highest BCUT2D eigenvalue weighted by Gasteiger charge is 2.45. The van der Waals surface area contributed by atoms with Crippen molar-refractivity contribution in [1.82, 2.24) is 5.32 Å². The molecule has 2 saturated carbocycles. The van der Waals surface area contributed by atoms with E-state index in [1.165, 1.54) is 0 Å². The lowest BCUT2D eigenvalue weighted by molar-refractivity contribution is -0.153. The summed E-state index contributed by atoms with van der Waals surface area (Å²) in [6.07, 6.45) is 5.06. The third-order valence-corrected chi connectivity index (χ3v) is 5.84. The van der Waals surface area contributed by atoms with Gasteiger partial charge in [-0.15, -0.1) is 0 Å². The SMILES string of the molecule is O=C(O)C1CCC1C(=O)NC1(c2ccc3c(c2)OCCO3)CCCC1. The summed E-state index contributed by atoms with van der Waals surface area (Å²) in [6, 6.07) is 5.86. The molecule has 0 saturated heterocycles. The van der Waals surface area contributed by atoms with Crippen molar-refractivity contribution in [3.8, 4) is 11.5 Å². The normalized spacial score (nSPS) is 26.6. The van der Waals surface area contributed by atoms with Gasteiger partial charge >= 0.3 is 5.97 Å². The van der Waals surface area contributed by atoms with Crippen LogP contribution in [0.15, 0.2) is 18.2 Å². The van der Waals surface area contributed by atoms with Crippen LogP contribution in [0.5, 0.6) is 11.5 Å². The molecule has 1 aliphatic heterocycles. The van der Waals surface area contributed by atoms with Crippen molar-refractivity contribution < 1.29 is 24.2 Å². The molecule has 2 atom stereocenters. The Hall–Kier alpha value is -2.24. The Bertz CT molecular complexity index is 695. The summed E-state index contributed by atoms with van der Waals surface area (Å²) in [4.78, 5) is 24.0. The number of hydrogen-bond acceptors (Lipinski definition) is 4. The third kappa shape index (κ3) is 2.83. The zero-order valence-corrected chi connectivity index (χ0v) is 14.1. The second kappa shape index (κ2) is 6.24. The Morgan fingerprint density at radius 2 is 1.72 bits per heavy atom. The quantitative estimate of drug-likeness (QED) is 0.876. The van der Waals surface area contributed by atoms with Crippen LogP contribution in [0.2, 0.25) is 0 Å². The van der Waals surface area contributed by atoms with Crippen LogP contribution < -0.4 is 14.8 Å². The summed E-state index contributed by atoms with van der Waals surface area (Å²) in [7, 11) is 0. The van der Waals surface area contributed by atoms with Crippen LogP contribution in [-0.2, 0) is 15.1 Å². The lowest BCUT2D eigenvalue weighted by Gasteiger charge is -2.38. The minimum Gasteiger partial charge on any atom is -0.486 e. The summed E-state index contributed by atoms with van der Waals surface area (Å²) in [5.74, 6) is -0.497. The number of ether oxygens (including phenoxy) is 2. The Labute approximate surface area is 146 Å². The van der Waals surface area contributed by atoms with Gasteiger partial charge in [-0.1, -0.05) is 18.9 Å². The number of rotatable bonds is 4. The number of nitrogens with one attached hydrogen (secondary N) is 1. The van der Waals surface area contributed by atoms with Crippen LogP contribution in [0.3, 0.4) is 0 Å². The fourth-order valence-electron chi connectivity index (χ4n) is 4.24. The molecule has 4 rings (SSSR count). The molecule has 25 heavy (non-hydrogen) atoms. The molecule has 6 heteroatoms. The van der Waals surface area contributed by atoms with Crippen molar-refractivity contribution in [3.63, 3.8) is 0 Å². The van der Waals surface area contributed by atoms with Crippen molar-refractivity contribution in [2.75, 3.05) is 13.2 Å². The van der Waals surface area contributed by atoms with Crippen molar-refractivity contribution >= 4 is 11.9 Å². The van der Waals surface area contributed by atoms with E-state index in [1.54, 1.807) is 0 Å². The van der Waals surface area contributed by atoms with Crippen LogP contribution in [0.4, 0.5) is 0 Å². The van der Waals surface area contributed by atoms with Gasteiger partial charge in [0.2, 0.25) is 5.91 Å². The molecule has 0 spiro atoms. The van der Waals surface area contributed by atoms with Gasteiger partial charge in [0.15, 0.2) is 11.5 Å². The average Bonchev–Trinajstić information content (AvgIpc) is 3.02. The smallest absolute Gasteiger partial charge is 0.307 e. The molecule has 1 amide bonds. The van der Waals surface area contributed by atoms with E-state index in [1.807, 2.05) is 18.2 Å². The van der Waals surface area contributed by atoms with Gasteiger partial charge in [0.05, 0.1) is 17.4 Å². The molecular formula is C19H23NO5. The fourth-order valence-corrected chi connectivity index (χ4v) is 4.24. The van der Waals surface area contributed by atoms with E-state index in [0.29, 0.717) is 26.1 Å². The van der Waals surface area contributed by atoms with Gasteiger partial charge < -0.3 is 19.9 Å². The second-order valence-corrected chi connectivity index (χ2v) is 7.27. The van der Waals surface area contributed by atoms with Gasteiger partial charge in [0, 0.05) is 0 Å². The lowest BCUT2D eigenvalue weighted by Crippen LogP contribution is -2.51. The molecule has 2 aliphatic carbocycles. The van der Waals surface area contributed by atoms with E-state index in [4.69, 9.17) is 9.47 Å².